The molecular weight excluding hydrogens is 191 g/mol. The van der Waals surface area contributed by atoms with Crippen molar-refractivity contribution in [1.82, 2.24) is 4.98 Å². The van der Waals surface area contributed by atoms with Crippen LogP contribution in [0, 0.1) is 10.1 Å². The van der Waals surface area contributed by atoms with Gasteiger partial charge >= 0.3 is 5.82 Å². The minimum atomic E-state index is -0.686. The summed E-state index contributed by atoms with van der Waals surface area (Å²) in [6.45, 7) is 0. The first-order valence-electron chi connectivity index (χ1n) is 2.57. The molecular formula is C5H2Cl2N2O2. The second-order valence-corrected chi connectivity index (χ2v) is 2.47. The predicted molar refractivity (Wildman–Crippen MR) is 40.9 cm³/mol. The van der Waals surface area contributed by atoms with E-state index in [1.54, 1.807) is 0 Å². The Labute approximate surface area is 71.9 Å². The summed E-state index contributed by atoms with van der Waals surface area (Å²) in [4.78, 5) is 12.9. The number of halogens is 2. The maximum atomic E-state index is 10.2. The molecule has 0 fully saturated rings. The molecule has 0 saturated heterocycles. The number of hydrogen-bond acceptors (Lipinski definition) is 3. The molecule has 0 unspecified atom stereocenters. The molecule has 0 radical (unpaired) electrons. The van der Waals surface area contributed by atoms with Crippen molar-refractivity contribution in [2.24, 2.45) is 0 Å². The Balaban J connectivity index is 3.27. The summed E-state index contributed by atoms with van der Waals surface area (Å²) in [6, 6.07) is 1.39. The van der Waals surface area contributed by atoms with Gasteiger partial charge in [-0.2, -0.15) is 0 Å². The van der Waals surface area contributed by atoms with Gasteiger partial charge in [0.15, 0.2) is 5.02 Å². The molecule has 1 aromatic rings. The number of aromatic nitrogens is 1. The van der Waals surface area contributed by atoms with Crippen LogP contribution in [0.2, 0.25) is 10.0 Å². The largest absolute Gasteiger partial charge is 0.383 e. The summed E-state index contributed by atoms with van der Waals surface area (Å²) < 4.78 is 0. The molecule has 0 saturated carbocycles. The standard InChI is InChI=1S/C5H2Cl2N2O2/c6-3-1-2-8-5(4(3)7)9(10)11/h1-2H. The van der Waals surface area contributed by atoms with Crippen LogP contribution < -0.4 is 0 Å². The quantitative estimate of drug-likeness (QED) is 0.507. The summed E-state index contributed by atoms with van der Waals surface area (Å²) in [5.74, 6) is -0.417. The zero-order chi connectivity index (χ0) is 8.43. The normalized spacial score (nSPS) is 9.64. The molecule has 0 aliphatic rings. The van der Waals surface area contributed by atoms with Crippen LogP contribution in [0.3, 0.4) is 0 Å². The van der Waals surface area contributed by atoms with Gasteiger partial charge in [-0.15, -0.1) is 0 Å². The first kappa shape index (κ1) is 8.23. The van der Waals surface area contributed by atoms with Gasteiger partial charge in [-0.25, -0.2) is 0 Å². The minimum absolute atomic E-state index is 0.126. The zero-order valence-corrected chi connectivity index (χ0v) is 6.63. The highest BCUT2D eigenvalue weighted by atomic mass is 35.5. The van der Waals surface area contributed by atoms with Crippen LogP contribution in [0.5, 0.6) is 0 Å². The predicted octanol–water partition coefficient (Wildman–Crippen LogP) is 2.30. The van der Waals surface area contributed by atoms with Gasteiger partial charge in [0.2, 0.25) is 0 Å². The van der Waals surface area contributed by atoms with Gasteiger partial charge in [0.1, 0.15) is 6.20 Å². The van der Waals surface area contributed by atoms with E-state index in [1.165, 1.54) is 12.3 Å². The average Bonchev–Trinajstić information content (AvgIpc) is 1.94. The van der Waals surface area contributed by atoms with E-state index < -0.39 is 10.7 Å². The van der Waals surface area contributed by atoms with E-state index in [2.05, 4.69) is 4.98 Å². The van der Waals surface area contributed by atoms with Gasteiger partial charge in [0, 0.05) is 6.07 Å². The Morgan fingerprint density at radius 3 is 2.64 bits per heavy atom. The van der Waals surface area contributed by atoms with E-state index in [0.717, 1.165) is 0 Å². The van der Waals surface area contributed by atoms with Gasteiger partial charge in [-0.05, 0) is 9.91 Å². The lowest BCUT2D eigenvalue weighted by atomic mass is 10.5. The van der Waals surface area contributed by atoms with Crippen LogP contribution in [-0.4, -0.2) is 9.91 Å². The smallest absolute Gasteiger partial charge is 0.358 e. The van der Waals surface area contributed by atoms with E-state index >= 15 is 0 Å². The van der Waals surface area contributed by atoms with Gasteiger partial charge < -0.3 is 10.1 Å². The van der Waals surface area contributed by atoms with Crippen LogP contribution in [-0.2, 0) is 0 Å². The molecule has 11 heavy (non-hydrogen) atoms. The van der Waals surface area contributed by atoms with Gasteiger partial charge in [0.05, 0.1) is 5.02 Å². The van der Waals surface area contributed by atoms with Crippen molar-refractivity contribution in [3.05, 3.63) is 32.4 Å². The Bertz CT molecular complexity index is 303. The molecule has 0 bridgehead atoms. The van der Waals surface area contributed by atoms with Crippen LogP contribution in [0.15, 0.2) is 12.3 Å². The number of nitro groups is 1. The highest BCUT2D eigenvalue weighted by molar-refractivity contribution is 6.43. The van der Waals surface area contributed by atoms with Gasteiger partial charge in [-0.3, -0.25) is 0 Å². The highest BCUT2D eigenvalue weighted by Crippen LogP contribution is 2.28. The van der Waals surface area contributed by atoms with Crippen LogP contribution in [0.1, 0.15) is 0 Å². The fourth-order valence-electron chi connectivity index (χ4n) is 0.537. The van der Waals surface area contributed by atoms with Crippen LogP contribution >= 0.6 is 23.2 Å². The fraction of sp³-hybridized carbons (Fsp3) is 0. The number of hydrogen-bond donors (Lipinski definition) is 0. The van der Waals surface area contributed by atoms with Crippen molar-refractivity contribution in [3.8, 4) is 0 Å². The monoisotopic (exact) mass is 192 g/mol. The molecule has 0 amide bonds. The lowest BCUT2D eigenvalue weighted by molar-refractivity contribution is -0.389. The van der Waals surface area contributed by atoms with Crippen LogP contribution in [0.4, 0.5) is 5.82 Å². The summed E-state index contributed by atoms with van der Waals surface area (Å²) in [7, 11) is 0. The number of nitrogens with zero attached hydrogens (tertiary/aromatic N) is 2. The minimum Gasteiger partial charge on any atom is -0.358 e. The third-order valence-electron chi connectivity index (χ3n) is 0.997. The topological polar surface area (TPSA) is 56.0 Å². The van der Waals surface area contributed by atoms with Crippen molar-refractivity contribution < 1.29 is 4.92 Å². The van der Waals surface area contributed by atoms with E-state index in [-0.39, 0.29) is 10.0 Å². The Hall–Kier alpha value is -0.870. The van der Waals surface area contributed by atoms with Crippen LogP contribution in [0.25, 0.3) is 0 Å². The lowest BCUT2D eigenvalue weighted by Gasteiger charge is -1.94. The third-order valence-corrected chi connectivity index (χ3v) is 1.78. The highest BCUT2D eigenvalue weighted by Gasteiger charge is 2.15. The molecule has 1 heterocycles. The first-order chi connectivity index (χ1) is 5.13. The van der Waals surface area contributed by atoms with Gasteiger partial charge in [0.25, 0.3) is 0 Å². The zero-order valence-electron chi connectivity index (χ0n) is 5.12. The Morgan fingerprint density at radius 2 is 2.18 bits per heavy atom. The van der Waals surface area contributed by atoms with Crippen molar-refractivity contribution >= 4 is 29.0 Å². The first-order valence-corrected chi connectivity index (χ1v) is 3.33. The molecule has 1 aromatic heterocycles. The molecule has 0 aliphatic heterocycles. The molecule has 0 N–H and O–H groups in total. The second kappa shape index (κ2) is 3.02. The number of rotatable bonds is 1. The van der Waals surface area contributed by atoms with Crippen molar-refractivity contribution in [3.63, 3.8) is 0 Å². The van der Waals surface area contributed by atoms with E-state index in [1.807, 2.05) is 0 Å². The van der Waals surface area contributed by atoms with Gasteiger partial charge in [-0.1, -0.05) is 23.2 Å². The Kier molecular flexibility index (Phi) is 2.26. The van der Waals surface area contributed by atoms with Crippen molar-refractivity contribution in [1.29, 1.82) is 0 Å². The molecule has 58 valence electrons. The third kappa shape index (κ3) is 1.58. The molecule has 0 aromatic carbocycles. The SMILES string of the molecule is O=[N+]([O-])c1nccc(Cl)c1Cl. The van der Waals surface area contributed by atoms with E-state index in [9.17, 15) is 10.1 Å². The van der Waals surface area contributed by atoms with Crippen molar-refractivity contribution in [2.75, 3.05) is 0 Å². The average molecular weight is 193 g/mol. The molecule has 0 aliphatic carbocycles. The summed E-state index contributed by atoms with van der Waals surface area (Å²) in [5, 5.41) is 10.2. The van der Waals surface area contributed by atoms with Crippen molar-refractivity contribution in [2.45, 2.75) is 0 Å². The maximum absolute atomic E-state index is 10.2. The maximum Gasteiger partial charge on any atom is 0.383 e. The lowest BCUT2D eigenvalue weighted by Crippen LogP contribution is -1.92. The fourth-order valence-corrected chi connectivity index (χ4v) is 0.859. The van der Waals surface area contributed by atoms with E-state index in [0.29, 0.717) is 0 Å². The molecule has 6 heteroatoms. The molecule has 0 atom stereocenters. The summed E-state index contributed by atoms with van der Waals surface area (Å²) in [5.41, 5.74) is 0. The number of pyridine rings is 1. The Morgan fingerprint density at radius 1 is 1.55 bits per heavy atom. The molecule has 0 spiro atoms. The van der Waals surface area contributed by atoms with E-state index in [4.69, 9.17) is 23.2 Å². The molecule has 4 nitrogen and oxygen atoms in total. The summed E-state index contributed by atoms with van der Waals surface area (Å²) >= 11 is 10.9. The molecule has 1 rings (SSSR count). The summed E-state index contributed by atoms with van der Waals surface area (Å²) in [6.07, 6.45) is 1.23. The second-order valence-electron chi connectivity index (χ2n) is 1.69.